The second-order valence-corrected chi connectivity index (χ2v) is 8.36. The van der Waals surface area contributed by atoms with Crippen LogP contribution in [0.5, 0.6) is 11.6 Å². The minimum absolute atomic E-state index is 0.150. The highest BCUT2D eigenvalue weighted by molar-refractivity contribution is 7.22. The van der Waals surface area contributed by atoms with Crippen molar-refractivity contribution in [2.24, 2.45) is 0 Å². The fraction of sp³-hybridized carbons (Fsp3) is 0.286. The Labute approximate surface area is 178 Å². The lowest BCUT2D eigenvalue weighted by Crippen LogP contribution is -2.21. The number of halogens is 3. The first-order chi connectivity index (χ1) is 14.9. The number of thiazole rings is 1. The number of hydrogen-bond acceptors (Lipinski definition) is 7. The Morgan fingerprint density at radius 2 is 2.03 bits per heavy atom. The number of aromatic nitrogens is 3. The summed E-state index contributed by atoms with van der Waals surface area (Å²) in [4.78, 5) is 13.0. The van der Waals surface area contributed by atoms with Crippen LogP contribution >= 0.6 is 11.3 Å². The van der Waals surface area contributed by atoms with Gasteiger partial charge < -0.3 is 14.6 Å². The number of ether oxygens (including phenoxy) is 2. The van der Waals surface area contributed by atoms with E-state index >= 15 is 0 Å². The molecule has 2 atom stereocenters. The van der Waals surface area contributed by atoms with Crippen LogP contribution < -0.4 is 9.47 Å². The van der Waals surface area contributed by atoms with Gasteiger partial charge in [-0.1, -0.05) is 6.92 Å². The highest BCUT2D eigenvalue weighted by Gasteiger charge is 2.36. The van der Waals surface area contributed by atoms with Crippen LogP contribution in [0.1, 0.15) is 24.0 Å². The third kappa shape index (κ3) is 3.26. The number of fused-ring (bicyclic) bond motifs is 4. The predicted octanol–water partition coefficient (Wildman–Crippen LogP) is 4.81. The van der Waals surface area contributed by atoms with E-state index in [4.69, 9.17) is 4.74 Å². The zero-order valence-corrected chi connectivity index (χ0v) is 17.2. The van der Waals surface area contributed by atoms with Gasteiger partial charge in [0.25, 0.3) is 0 Å². The minimum atomic E-state index is -3.00. The molecule has 0 fully saturated rings. The highest BCUT2D eigenvalue weighted by atomic mass is 32.1. The molecule has 1 N–H and O–H groups in total. The van der Waals surface area contributed by atoms with E-state index < -0.39 is 18.5 Å². The summed E-state index contributed by atoms with van der Waals surface area (Å²) < 4.78 is 50.5. The number of nitrogens with zero attached hydrogens (tertiary/aromatic N) is 3. The van der Waals surface area contributed by atoms with Crippen LogP contribution in [0.3, 0.4) is 0 Å². The lowest BCUT2D eigenvalue weighted by Gasteiger charge is -2.10. The van der Waals surface area contributed by atoms with Gasteiger partial charge in [0.05, 0.1) is 34.1 Å². The van der Waals surface area contributed by atoms with Crippen LogP contribution in [0.2, 0.25) is 0 Å². The van der Waals surface area contributed by atoms with E-state index in [0.29, 0.717) is 32.7 Å². The number of rotatable bonds is 4. The largest absolute Gasteiger partial charge is 0.484 e. The van der Waals surface area contributed by atoms with E-state index in [1.54, 1.807) is 6.07 Å². The number of alkyl halides is 2. The Morgan fingerprint density at radius 3 is 2.77 bits per heavy atom. The Kier molecular flexibility index (Phi) is 4.71. The van der Waals surface area contributed by atoms with Gasteiger partial charge in [-0.2, -0.15) is 8.78 Å². The minimum Gasteiger partial charge on any atom is -0.484 e. The summed E-state index contributed by atoms with van der Waals surface area (Å²) in [7, 11) is 0. The third-order valence-corrected chi connectivity index (χ3v) is 6.43. The lowest BCUT2D eigenvalue weighted by molar-refractivity contribution is -0.0528. The monoisotopic (exact) mass is 447 g/mol. The van der Waals surface area contributed by atoms with Crippen LogP contribution in [-0.2, 0) is 0 Å². The third-order valence-electron chi connectivity index (χ3n) is 5.29. The van der Waals surface area contributed by atoms with Crippen molar-refractivity contribution < 1.29 is 27.8 Å². The van der Waals surface area contributed by atoms with Crippen LogP contribution in [0, 0.1) is 12.7 Å². The molecule has 2 aromatic carbocycles. The van der Waals surface area contributed by atoms with Crippen molar-refractivity contribution in [3.05, 3.63) is 41.3 Å². The van der Waals surface area contributed by atoms with Crippen LogP contribution in [0.25, 0.3) is 31.8 Å². The molecule has 0 unspecified atom stereocenters. The van der Waals surface area contributed by atoms with Gasteiger partial charge in [-0.05, 0) is 24.6 Å². The zero-order chi connectivity index (χ0) is 21.9. The maximum absolute atomic E-state index is 14.6. The number of aryl methyl sites for hydroxylation is 1. The molecule has 31 heavy (non-hydrogen) atoms. The van der Waals surface area contributed by atoms with Gasteiger partial charge in [-0.15, -0.1) is 11.3 Å². The average molecular weight is 447 g/mol. The predicted molar refractivity (Wildman–Crippen MR) is 109 cm³/mol. The topological polar surface area (TPSA) is 77.4 Å². The SMILES string of the molecule is Cc1cc(-c2nc3cc(F)c4c(c3s2)[C@H](C)[C@@H](CO)O4)c2ncc(OC(F)F)nc2c1. The van der Waals surface area contributed by atoms with Gasteiger partial charge in [0.15, 0.2) is 11.6 Å². The molecule has 0 saturated heterocycles. The molecule has 3 heterocycles. The molecule has 6 nitrogen and oxygen atoms in total. The van der Waals surface area contributed by atoms with Gasteiger partial charge in [-0.25, -0.2) is 19.3 Å². The summed E-state index contributed by atoms with van der Waals surface area (Å²) in [6.45, 7) is 0.508. The molecular weight excluding hydrogens is 431 g/mol. The smallest absolute Gasteiger partial charge is 0.388 e. The van der Waals surface area contributed by atoms with Gasteiger partial charge in [0.1, 0.15) is 11.1 Å². The molecule has 10 heteroatoms. The number of hydrogen-bond donors (Lipinski definition) is 1. The standard InChI is InChI=1S/C21H16F3N3O3S/c1-8-3-10(17-12(4-8)26-15(6-25-17)30-21(23)24)20-27-13-5-11(22)18-16(19(13)31-20)9(2)14(7-28)29-18/h3-6,9,14,21,28H,7H2,1-2H3/t9-,14-/m1/s1. The first-order valence-electron chi connectivity index (χ1n) is 9.48. The Bertz CT molecular complexity index is 1330. The van der Waals surface area contributed by atoms with Crippen molar-refractivity contribution in [3.63, 3.8) is 0 Å². The lowest BCUT2D eigenvalue weighted by atomic mass is 9.97. The van der Waals surface area contributed by atoms with Crippen molar-refractivity contribution in [2.45, 2.75) is 32.5 Å². The highest BCUT2D eigenvalue weighted by Crippen LogP contribution is 2.47. The van der Waals surface area contributed by atoms with Crippen molar-refractivity contribution in [3.8, 4) is 22.2 Å². The summed E-state index contributed by atoms with van der Waals surface area (Å²) >= 11 is 1.36. The van der Waals surface area contributed by atoms with Gasteiger partial charge >= 0.3 is 6.61 Å². The first-order valence-corrected chi connectivity index (χ1v) is 10.3. The van der Waals surface area contributed by atoms with Gasteiger partial charge in [0, 0.05) is 23.1 Å². The van der Waals surface area contributed by atoms with E-state index in [0.717, 1.165) is 16.5 Å². The fourth-order valence-corrected chi connectivity index (χ4v) is 5.08. The molecule has 4 aromatic rings. The Morgan fingerprint density at radius 1 is 1.23 bits per heavy atom. The van der Waals surface area contributed by atoms with E-state index in [1.165, 1.54) is 17.4 Å². The number of aliphatic hydroxyl groups is 1. The molecule has 0 saturated carbocycles. The molecule has 0 aliphatic carbocycles. The number of aliphatic hydroxyl groups excluding tert-OH is 1. The molecular formula is C21H16F3N3O3S. The molecule has 1 aliphatic rings. The summed E-state index contributed by atoms with van der Waals surface area (Å²) in [5, 5.41) is 10.1. The van der Waals surface area contributed by atoms with Crippen molar-refractivity contribution >= 4 is 32.6 Å². The van der Waals surface area contributed by atoms with Crippen molar-refractivity contribution in [1.82, 2.24) is 15.0 Å². The molecule has 0 amide bonds. The molecule has 160 valence electrons. The molecule has 1 aliphatic heterocycles. The summed E-state index contributed by atoms with van der Waals surface area (Å²) in [6.07, 6.45) is 0.624. The Balaban J connectivity index is 1.69. The van der Waals surface area contributed by atoms with E-state index in [9.17, 15) is 18.3 Å². The normalized spacial score (nSPS) is 18.0. The summed E-state index contributed by atoms with van der Waals surface area (Å²) in [5.74, 6) is -0.847. The van der Waals surface area contributed by atoms with Crippen LogP contribution in [0.15, 0.2) is 24.4 Å². The maximum Gasteiger partial charge on any atom is 0.388 e. The van der Waals surface area contributed by atoms with E-state index in [-0.39, 0.29) is 24.2 Å². The zero-order valence-electron chi connectivity index (χ0n) is 16.4. The Hall–Kier alpha value is -2.98. The van der Waals surface area contributed by atoms with Crippen LogP contribution in [0.4, 0.5) is 13.2 Å². The maximum atomic E-state index is 14.6. The summed E-state index contributed by atoms with van der Waals surface area (Å²) in [6, 6.07) is 4.91. The second-order valence-electron chi connectivity index (χ2n) is 7.36. The van der Waals surface area contributed by atoms with Gasteiger partial charge in [0.2, 0.25) is 5.88 Å². The molecule has 0 radical (unpaired) electrons. The second kappa shape index (κ2) is 7.31. The van der Waals surface area contributed by atoms with Crippen molar-refractivity contribution in [1.29, 1.82) is 0 Å². The van der Waals surface area contributed by atoms with Crippen molar-refractivity contribution in [2.75, 3.05) is 6.61 Å². The molecule has 0 bridgehead atoms. The molecule has 5 rings (SSSR count). The average Bonchev–Trinajstić information content (AvgIpc) is 3.27. The first kappa shape index (κ1) is 20.0. The van der Waals surface area contributed by atoms with Crippen LogP contribution in [-0.4, -0.2) is 39.4 Å². The summed E-state index contributed by atoms with van der Waals surface area (Å²) in [5.41, 5.74) is 3.52. The molecule has 2 aromatic heterocycles. The molecule has 0 spiro atoms. The van der Waals surface area contributed by atoms with E-state index in [1.807, 2.05) is 19.9 Å². The fourth-order valence-electron chi connectivity index (χ4n) is 3.88. The quantitative estimate of drug-likeness (QED) is 0.484. The van der Waals surface area contributed by atoms with Gasteiger partial charge in [-0.3, -0.25) is 0 Å². The van der Waals surface area contributed by atoms with E-state index in [2.05, 4.69) is 19.7 Å². The number of benzene rings is 2.